The van der Waals surface area contributed by atoms with Gasteiger partial charge in [0.2, 0.25) is 76.8 Å². The molecule has 1 aromatic rings. The molecular formula is C71H121N15O15. The van der Waals surface area contributed by atoms with Crippen molar-refractivity contribution in [3.63, 3.8) is 0 Å². The van der Waals surface area contributed by atoms with Gasteiger partial charge in [0.1, 0.15) is 66.5 Å². The summed E-state index contributed by atoms with van der Waals surface area (Å²) in [6.07, 6.45) is 1.93. The molecule has 30 nitrogen and oxygen atoms in total. The Morgan fingerprint density at radius 3 is 1.46 bits per heavy atom. The minimum Gasteiger partial charge on any atom is -0.481 e. The molecule has 1 heterocycles. The molecule has 0 aliphatic carbocycles. The van der Waals surface area contributed by atoms with E-state index in [9.17, 15) is 72.2 Å². The molecule has 1 saturated heterocycles. The van der Waals surface area contributed by atoms with Crippen molar-refractivity contribution in [2.75, 3.05) is 19.6 Å². The van der Waals surface area contributed by atoms with Gasteiger partial charge in [0.25, 0.3) is 0 Å². The van der Waals surface area contributed by atoms with E-state index in [2.05, 4.69) is 58.5 Å². The molecular weight excluding hydrogens is 1300 g/mol. The molecule has 30 heteroatoms. The van der Waals surface area contributed by atoms with Gasteiger partial charge in [-0.3, -0.25) is 67.1 Å². The maximum atomic E-state index is 14.4. The molecule has 1 aromatic carbocycles. The number of likely N-dealkylation sites (tertiary alicyclic amines) is 1. The molecule has 570 valence electrons. The highest BCUT2D eigenvalue weighted by Gasteiger charge is 2.42. The minimum atomic E-state index is -1.54. The van der Waals surface area contributed by atoms with Crippen LogP contribution in [0.3, 0.4) is 0 Å². The van der Waals surface area contributed by atoms with E-state index in [0.717, 1.165) is 5.56 Å². The monoisotopic (exact) mass is 1420 g/mol. The number of carboxylic acids is 1. The van der Waals surface area contributed by atoms with Crippen molar-refractivity contribution >= 4 is 82.8 Å². The van der Waals surface area contributed by atoms with Gasteiger partial charge in [-0.05, 0) is 138 Å². The third kappa shape index (κ3) is 32.5. The van der Waals surface area contributed by atoms with Gasteiger partial charge < -0.3 is 85.7 Å². The number of nitrogens with one attached hydrogen (secondary N) is 11. The molecule has 18 N–H and O–H groups in total. The predicted molar refractivity (Wildman–Crippen MR) is 381 cm³/mol. The van der Waals surface area contributed by atoms with Crippen LogP contribution in [0.1, 0.15) is 193 Å². The fraction of sp³-hybridized carbons (Fsp3) is 0.718. The number of aliphatic carboxylic acids is 1. The first-order chi connectivity index (χ1) is 47.3. The SMILES string of the molecule is CC[C@H](C)[C@H](NC(=O)[C@@H]1CCCN1C(=O)[C@H](CC(C)C)NC(=O)[C@@H](N)Cc1ccccc1)C(=O)N[C@H](C(=O)N[C@@H](C)C(=O)N[C@@H](CCCCN)C(=O)N[C@@H](CC(C)C)C(=O)N[C@@H](CC(C)C)C(=O)N[C@@H](CCC(=O)O)C(=O)NCC(=O)N[C@@H](CC(C)C)C(=O)N[C@@H](CC(C)C)C(N)=O)C(C)C. The average Bonchev–Trinajstić information content (AvgIpc) is 1.73. The standard InChI is InChI=1S/C71H121N15O15/c1-16-44(14)59(85-68(98)55-26-22-30-86(55)71(101)54(35-42(10)11)83-62(92)47(73)36-46-23-18-17-19-24-46)70(100)84-58(43(12)13)69(99)76-45(15)61(91)78-48(25-20-21-29-72)64(94)81-53(34-41(8)9)67(97)82-52(33-40(6)7)66(96)79-49(27-28-57(88)89)63(93)75-37-56(87)77-51(32-39(4)5)65(95)80-50(60(74)90)31-38(2)3/h17-19,23-24,38-45,47-55,58-59H,16,20-22,25-37,72-73H2,1-15H3,(H2,74,90)(H,75,93)(H,76,99)(H,77,87)(H,78,91)(H,79,96)(H,80,95)(H,81,94)(H,82,97)(H,83,92)(H,84,100)(H,85,98)(H,88,89)/t44-,45-,47-,48-,49-,50-,51-,52-,53-,54-,55-,58-,59-/m0/s1. The molecule has 0 spiro atoms. The van der Waals surface area contributed by atoms with Gasteiger partial charge in [0, 0.05) is 13.0 Å². The van der Waals surface area contributed by atoms with E-state index in [0.29, 0.717) is 25.7 Å². The number of primary amides is 1. The smallest absolute Gasteiger partial charge is 0.303 e. The number of carbonyl (C=O) groups is 14. The number of carbonyl (C=O) groups excluding carboxylic acids is 13. The van der Waals surface area contributed by atoms with Crippen LogP contribution >= 0.6 is 0 Å². The lowest BCUT2D eigenvalue weighted by Gasteiger charge is -2.32. The lowest BCUT2D eigenvalue weighted by molar-refractivity contribution is -0.143. The zero-order chi connectivity index (χ0) is 76.5. The Hall–Kier alpha value is -8.28. The van der Waals surface area contributed by atoms with Crippen molar-refractivity contribution < 1.29 is 72.2 Å². The number of amides is 13. The Balaban J connectivity index is 2.31. The van der Waals surface area contributed by atoms with E-state index in [1.54, 1.807) is 48.5 Å². The lowest BCUT2D eigenvalue weighted by Crippen LogP contribution is -2.61. The summed E-state index contributed by atoms with van der Waals surface area (Å²) in [5.41, 5.74) is 18.5. The van der Waals surface area contributed by atoms with E-state index in [1.165, 1.54) is 11.8 Å². The number of hydrogen-bond acceptors (Lipinski definition) is 16. The van der Waals surface area contributed by atoms with Crippen LogP contribution in [-0.4, -0.2) is 185 Å². The zero-order valence-corrected chi connectivity index (χ0v) is 62.2. The molecule has 0 saturated carbocycles. The molecule has 0 bridgehead atoms. The van der Waals surface area contributed by atoms with Crippen LogP contribution in [0.15, 0.2) is 30.3 Å². The van der Waals surface area contributed by atoms with E-state index < -0.39 is 186 Å². The van der Waals surface area contributed by atoms with Gasteiger partial charge in [0.05, 0.1) is 12.6 Å². The quantitative estimate of drug-likeness (QED) is 0.0404. The number of hydrogen-bond donors (Lipinski definition) is 15. The molecule has 1 fully saturated rings. The number of carboxylic acid groups (broad SMARTS) is 1. The molecule has 0 aromatic heterocycles. The van der Waals surface area contributed by atoms with Gasteiger partial charge in [-0.15, -0.1) is 0 Å². The van der Waals surface area contributed by atoms with Crippen LogP contribution in [0, 0.1) is 41.4 Å². The summed E-state index contributed by atoms with van der Waals surface area (Å²) < 4.78 is 0. The van der Waals surface area contributed by atoms with Crippen LogP contribution < -0.4 is 75.7 Å². The summed E-state index contributed by atoms with van der Waals surface area (Å²) >= 11 is 0. The second kappa shape index (κ2) is 44.9. The third-order valence-electron chi connectivity index (χ3n) is 17.3. The van der Waals surface area contributed by atoms with Gasteiger partial charge in [-0.2, -0.15) is 0 Å². The highest BCUT2D eigenvalue weighted by atomic mass is 16.4. The van der Waals surface area contributed by atoms with Gasteiger partial charge in [-0.25, -0.2) is 0 Å². The molecule has 2 rings (SSSR count). The maximum absolute atomic E-state index is 14.4. The summed E-state index contributed by atoms with van der Waals surface area (Å²) in [5.74, 6) is -12.5. The van der Waals surface area contributed by atoms with Crippen molar-refractivity contribution in [3.05, 3.63) is 35.9 Å². The molecule has 13 amide bonds. The fourth-order valence-electron chi connectivity index (χ4n) is 11.6. The Morgan fingerprint density at radius 2 is 0.960 bits per heavy atom. The van der Waals surface area contributed by atoms with Crippen LogP contribution in [0.5, 0.6) is 0 Å². The zero-order valence-electron chi connectivity index (χ0n) is 62.2. The third-order valence-corrected chi connectivity index (χ3v) is 17.3. The van der Waals surface area contributed by atoms with E-state index >= 15 is 0 Å². The van der Waals surface area contributed by atoms with Crippen molar-refractivity contribution in [1.82, 2.24) is 63.4 Å². The summed E-state index contributed by atoms with van der Waals surface area (Å²) in [4.78, 5) is 193. The summed E-state index contributed by atoms with van der Waals surface area (Å²) in [6.45, 7) is 26.3. The van der Waals surface area contributed by atoms with E-state index in [4.69, 9.17) is 17.2 Å². The van der Waals surface area contributed by atoms with Crippen LogP contribution in [0.25, 0.3) is 0 Å². The van der Waals surface area contributed by atoms with Crippen LogP contribution in [0.4, 0.5) is 0 Å². The van der Waals surface area contributed by atoms with E-state index in [1.807, 2.05) is 78.8 Å². The topological polar surface area (TPSA) is 473 Å². The first-order valence-electron chi connectivity index (χ1n) is 35.9. The van der Waals surface area contributed by atoms with Crippen molar-refractivity contribution in [2.24, 2.45) is 58.6 Å². The van der Waals surface area contributed by atoms with Crippen LogP contribution in [-0.2, 0) is 73.5 Å². The summed E-state index contributed by atoms with van der Waals surface area (Å²) in [5, 5.41) is 38.9. The average molecular weight is 1420 g/mol. The highest BCUT2D eigenvalue weighted by Crippen LogP contribution is 2.23. The van der Waals surface area contributed by atoms with Crippen molar-refractivity contribution in [3.8, 4) is 0 Å². The van der Waals surface area contributed by atoms with Gasteiger partial charge in [0.15, 0.2) is 0 Å². The first kappa shape index (κ1) is 88.8. The second-order valence-electron chi connectivity index (χ2n) is 29.3. The molecule has 0 radical (unpaired) electrons. The molecule has 0 unspecified atom stereocenters. The summed E-state index contributed by atoms with van der Waals surface area (Å²) in [6, 6.07) is -5.05. The Bertz CT molecular complexity index is 2910. The number of unbranched alkanes of at least 4 members (excludes halogenated alkanes) is 1. The second-order valence-corrected chi connectivity index (χ2v) is 29.3. The fourth-order valence-corrected chi connectivity index (χ4v) is 11.6. The number of nitrogens with zero attached hydrogens (tertiary/aromatic N) is 1. The van der Waals surface area contributed by atoms with Crippen LogP contribution in [0.2, 0.25) is 0 Å². The first-order valence-corrected chi connectivity index (χ1v) is 35.9. The number of nitrogens with two attached hydrogens (primary N) is 3. The Labute approximate surface area is 596 Å². The predicted octanol–water partition coefficient (Wildman–Crippen LogP) is 0.943. The largest absolute Gasteiger partial charge is 0.481 e. The lowest BCUT2D eigenvalue weighted by atomic mass is 9.96. The minimum absolute atomic E-state index is 0.000526. The van der Waals surface area contributed by atoms with E-state index in [-0.39, 0.29) is 94.0 Å². The van der Waals surface area contributed by atoms with Crippen molar-refractivity contribution in [2.45, 2.75) is 266 Å². The molecule has 101 heavy (non-hydrogen) atoms. The molecule has 1 aliphatic rings. The van der Waals surface area contributed by atoms with Gasteiger partial charge >= 0.3 is 5.97 Å². The Kier molecular flexibility index (Phi) is 39.4. The molecule has 1 aliphatic heterocycles. The Morgan fingerprint density at radius 1 is 0.505 bits per heavy atom. The maximum Gasteiger partial charge on any atom is 0.303 e. The normalized spacial score (nSPS) is 16.6. The number of benzene rings is 1. The highest BCUT2D eigenvalue weighted by molar-refractivity contribution is 6.00. The van der Waals surface area contributed by atoms with Crippen molar-refractivity contribution in [1.29, 1.82) is 0 Å². The number of rotatable bonds is 46. The summed E-state index contributed by atoms with van der Waals surface area (Å²) in [7, 11) is 0. The van der Waals surface area contributed by atoms with Gasteiger partial charge in [-0.1, -0.05) is 134 Å². The molecule has 13 atom stereocenters.